The third-order valence-corrected chi connectivity index (χ3v) is 5.78. The molecule has 0 radical (unpaired) electrons. The quantitative estimate of drug-likeness (QED) is 0.352. The molecule has 29 heavy (non-hydrogen) atoms. The molecule has 11 nitrogen and oxygen atoms in total. The summed E-state index contributed by atoms with van der Waals surface area (Å²) in [6, 6.07) is 1.52. The van der Waals surface area contributed by atoms with Gasteiger partial charge >= 0.3 is 11.7 Å². The van der Waals surface area contributed by atoms with Crippen molar-refractivity contribution < 1.29 is 17.9 Å². The number of alkyl halides is 1. The summed E-state index contributed by atoms with van der Waals surface area (Å²) in [5.74, 6) is -0.552. The van der Waals surface area contributed by atoms with E-state index in [1.54, 1.807) is 6.92 Å². The number of carbonyl (C=O) groups is 1. The van der Waals surface area contributed by atoms with Gasteiger partial charge in [-0.05, 0) is 41.5 Å². The van der Waals surface area contributed by atoms with Crippen LogP contribution in [0.25, 0.3) is 0 Å². The molecule has 2 heterocycles. The number of hydrogen-bond donors (Lipinski definition) is 0. The second-order valence-electron chi connectivity index (χ2n) is 6.13. The number of ether oxygens (including phenoxy) is 1. The van der Waals surface area contributed by atoms with Gasteiger partial charge < -0.3 is 4.74 Å². The lowest BCUT2D eigenvalue weighted by Crippen LogP contribution is -2.32. The fourth-order valence-corrected chi connectivity index (χ4v) is 3.85. The summed E-state index contributed by atoms with van der Waals surface area (Å²) >= 11 is 6.34. The van der Waals surface area contributed by atoms with Crippen molar-refractivity contribution in [1.29, 1.82) is 0 Å². The lowest BCUT2D eigenvalue weighted by molar-refractivity contribution is -0.130. The van der Waals surface area contributed by atoms with Crippen LogP contribution >= 0.6 is 11.6 Å². The molecule has 0 bridgehead atoms. The molecule has 0 fully saturated rings. The van der Waals surface area contributed by atoms with E-state index in [4.69, 9.17) is 16.3 Å². The van der Waals surface area contributed by atoms with Crippen LogP contribution < -0.4 is 10.4 Å². The van der Waals surface area contributed by atoms with Gasteiger partial charge in [0.2, 0.25) is 16.2 Å². The Balaban J connectivity index is 2.04. The van der Waals surface area contributed by atoms with Crippen molar-refractivity contribution in [3.05, 3.63) is 45.5 Å². The number of allylic oxidation sites excluding steroid dienone is 2. The van der Waals surface area contributed by atoms with Gasteiger partial charge in [0.1, 0.15) is 0 Å². The van der Waals surface area contributed by atoms with E-state index >= 15 is 0 Å². The Morgan fingerprint density at radius 3 is 2.62 bits per heavy atom. The zero-order valence-corrected chi connectivity index (χ0v) is 17.3. The summed E-state index contributed by atoms with van der Waals surface area (Å²) in [6.45, 7) is 3.78. The second-order valence-corrected chi connectivity index (χ2v) is 7.50. The smallest absolute Gasteiger partial charge is 0.363 e. The van der Waals surface area contributed by atoms with Crippen LogP contribution in [0.15, 0.2) is 39.9 Å². The first kappa shape index (κ1) is 20.7. The molecule has 0 saturated carbocycles. The number of tetrazole rings is 1. The fraction of sp³-hybridized carbons (Fsp3) is 0.375. The van der Waals surface area contributed by atoms with Crippen LogP contribution in [0.2, 0.25) is 0 Å². The van der Waals surface area contributed by atoms with Crippen molar-refractivity contribution in [1.82, 2.24) is 29.6 Å². The highest BCUT2D eigenvalue weighted by Gasteiger charge is 2.31. The zero-order chi connectivity index (χ0) is 21.3. The van der Waals surface area contributed by atoms with Crippen molar-refractivity contribution >= 4 is 32.7 Å². The van der Waals surface area contributed by atoms with Gasteiger partial charge in [0, 0.05) is 19.7 Å². The molecule has 13 heteroatoms. The largest absolute Gasteiger partial charge is 0.404 e. The molecule has 1 aliphatic carbocycles. The van der Waals surface area contributed by atoms with Crippen LogP contribution in [-0.2, 0) is 35.2 Å². The number of esters is 1. The molecule has 154 valence electrons. The summed E-state index contributed by atoms with van der Waals surface area (Å²) in [6.07, 6.45) is 2.66. The van der Waals surface area contributed by atoms with E-state index in [2.05, 4.69) is 15.5 Å². The van der Waals surface area contributed by atoms with E-state index in [9.17, 15) is 18.0 Å². The summed E-state index contributed by atoms with van der Waals surface area (Å²) < 4.78 is 32.2. The number of halogens is 1. The second kappa shape index (κ2) is 8.17. The van der Waals surface area contributed by atoms with Crippen molar-refractivity contribution in [2.45, 2.75) is 32.3 Å². The monoisotopic (exact) mass is 440 g/mol. The number of nitrogens with zero attached hydrogens (tertiary/aromatic N) is 6. The van der Waals surface area contributed by atoms with Crippen LogP contribution in [0.3, 0.4) is 0 Å². The van der Waals surface area contributed by atoms with Gasteiger partial charge in [0.25, 0.3) is 0 Å². The molecule has 0 spiro atoms. The number of carbonyl (C=O) groups excluding carboxylic acids is 1. The number of hydrogen-bond acceptors (Lipinski definition) is 8. The maximum Gasteiger partial charge on any atom is 0.363 e. The van der Waals surface area contributed by atoms with E-state index < -0.39 is 27.3 Å². The van der Waals surface area contributed by atoms with Crippen LogP contribution in [-0.4, -0.2) is 54.2 Å². The Kier molecular flexibility index (Phi) is 5.84. The molecule has 1 atom stereocenters. The Morgan fingerprint density at radius 2 is 2.03 bits per heavy atom. The van der Waals surface area contributed by atoms with Gasteiger partial charge in [-0.25, -0.2) is 14.3 Å². The Bertz CT molecular complexity index is 1220. The van der Waals surface area contributed by atoms with Crippen LogP contribution in [0.1, 0.15) is 13.8 Å². The van der Waals surface area contributed by atoms with Crippen molar-refractivity contribution in [3.63, 3.8) is 0 Å². The minimum absolute atomic E-state index is 0.0110. The van der Waals surface area contributed by atoms with E-state index in [0.29, 0.717) is 17.7 Å². The van der Waals surface area contributed by atoms with E-state index in [0.717, 1.165) is 9.36 Å². The van der Waals surface area contributed by atoms with Crippen molar-refractivity contribution in [2.24, 2.45) is 7.05 Å². The molecule has 0 aliphatic heterocycles. The predicted octanol–water partition coefficient (Wildman–Crippen LogP) is -0.286. The summed E-state index contributed by atoms with van der Waals surface area (Å²) in [7, 11) is -1.26. The molecule has 0 N–H and O–H groups in total. The third-order valence-electron chi connectivity index (χ3n) is 4.41. The van der Waals surface area contributed by atoms with E-state index in [1.165, 1.54) is 30.1 Å². The van der Waals surface area contributed by atoms with Gasteiger partial charge in [-0.2, -0.15) is 22.9 Å². The molecule has 2 aromatic heterocycles. The molecule has 1 unspecified atom stereocenters. The normalized spacial score (nSPS) is 16.8. The highest BCUT2D eigenvalue weighted by molar-refractivity contribution is 7.73. The minimum atomic E-state index is -2.69. The molecule has 0 saturated heterocycles. The van der Waals surface area contributed by atoms with Gasteiger partial charge in [-0.1, -0.05) is 0 Å². The Hall–Kier alpha value is -2.99. The molecule has 2 aromatic rings. The van der Waals surface area contributed by atoms with Crippen molar-refractivity contribution in [3.8, 4) is 5.88 Å². The first-order valence-corrected chi connectivity index (χ1v) is 9.98. The standard InChI is InChI=1S/C16H17ClN6O5S/c1-4-22-13(5-6-18-22)28-15(24)10-7-12(29(26)27)14(17)11(9(10)2)8-23-16(25)21(3)19-20-23/h5-7,14H,4,8H2,1-3H3. The topological polar surface area (TPSA) is 131 Å². The fourth-order valence-electron chi connectivity index (χ4n) is 2.81. The number of aromatic nitrogens is 6. The zero-order valence-electron chi connectivity index (χ0n) is 15.7. The number of rotatable bonds is 5. The summed E-state index contributed by atoms with van der Waals surface area (Å²) in [5, 5.41) is 10.3. The van der Waals surface area contributed by atoms with E-state index in [-0.39, 0.29) is 22.9 Å². The highest BCUT2D eigenvalue weighted by atomic mass is 35.5. The SMILES string of the molecule is CCn1nccc1OC(=O)C1=CC(=S(=O)=O)C(Cl)C(Cn2nnn(C)c2=O)=C1C. The summed E-state index contributed by atoms with van der Waals surface area (Å²) in [5.41, 5.74) is 0.220. The van der Waals surface area contributed by atoms with Crippen LogP contribution in [0.5, 0.6) is 5.88 Å². The van der Waals surface area contributed by atoms with Gasteiger partial charge in [-0.15, -0.1) is 11.6 Å². The minimum Gasteiger partial charge on any atom is -0.404 e. The number of aryl methyl sites for hydroxylation is 2. The maximum atomic E-state index is 12.8. The molecule has 0 amide bonds. The predicted molar refractivity (Wildman–Crippen MR) is 103 cm³/mol. The van der Waals surface area contributed by atoms with Crippen LogP contribution in [0, 0.1) is 0 Å². The first-order chi connectivity index (χ1) is 13.7. The Morgan fingerprint density at radius 1 is 1.31 bits per heavy atom. The molecule has 0 aromatic carbocycles. The van der Waals surface area contributed by atoms with Gasteiger partial charge in [-0.3, -0.25) is 0 Å². The summed E-state index contributed by atoms with van der Waals surface area (Å²) in [4.78, 5) is 24.6. The average molecular weight is 441 g/mol. The van der Waals surface area contributed by atoms with E-state index in [1.807, 2.05) is 6.92 Å². The third kappa shape index (κ3) is 3.93. The lowest BCUT2D eigenvalue weighted by atomic mass is 9.91. The van der Waals surface area contributed by atoms with Crippen molar-refractivity contribution in [2.75, 3.05) is 0 Å². The molecule has 1 aliphatic rings. The lowest BCUT2D eigenvalue weighted by Gasteiger charge is -2.22. The highest BCUT2D eigenvalue weighted by Crippen LogP contribution is 2.29. The average Bonchev–Trinajstić information content (AvgIpc) is 3.25. The van der Waals surface area contributed by atoms with Crippen LogP contribution in [0.4, 0.5) is 0 Å². The molecule has 3 rings (SSSR count). The molecular formula is C16H17ClN6O5S. The maximum absolute atomic E-state index is 12.8. The van der Waals surface area contributed by atoms with Gasteiger partial charge in [0.15, 0.2) is 0 Å². The Labute approximate surface area is 171 Å². The van der Waals surface area contributed by atoms with Gasteiger partial charge in [0.05, 0.1) is 28.6 Å². The first-order valence-electron chi connectivity index (χ1n) is 8.47. The molecular weight excluding hydrogens is 424 g/mol.